The van der Waals surface area contributed by atoms with E-state index in [1.165, 1.54) is 11.1 Å². The quantitative estimate of drug-likeness (QED) is 0.461. The van der Waals surface area contributed by atoms with Crippen LogP contribution in [-0.4, -0.2) is 20.2 Å². The van der Waals surface area contributed by atoms with Crippen LogP contribution in [0.25, 0.3) is 21.9 Å². The standard InChI is InChI=1S/C11H14N2.C10H13N3/c1-7(2)9-5-4-6-10-11(9)13-8(3)12-10;1-6(2)7-4-3-5-8-9(7)12-13-10(8)11/h4-7H,1-3H3,(H,12,13);3-6H,1-2H3,(H3,11,12,13). The monoisotopic (exact) mass is 349 g/mol. The molecule has 2 aromatic heterocycles. The van der Waals surface area contributed by atoms with E-state index >= 15 is 0 Å². The van der Waals surface area contributed by atoms with Crippen molar-refractivity contribution in [2.24, 2.45) is 0 Å². The second kappa shape index (κ2) is 7.20. The van der Waals surface area contributed by atoms with Crippen molar-refractivity contribution in [2.45, 2.75) is 46.5 Å². The zero-order chi connectivity index (χ0) is 18.8. The minimum atomic E-state index is 0.489. The van der Waals surface area contributed by atoms with Crippen molar-refractivity contribution in [3.05, 3.63) is 53.3 Å². The molecule has 0 saturated carbocycles. The summed E-state index contributed by atoms with van der Waals surface area (Å²) in [5.74, 6) is 2.59. The van der Waals surface area contributed by atoms with Gasteiger partial charge in [-0.25, -0.2) is 4.98 Å². The Labute approximate surface area is 154 Å². The summed E-state index contributed by atoms with van der Waals surface area (Å²) in [6.07, 6.45) is 0. The molecule has 136 valence electrons. The van der Waals surface area contributed by atoms with Crippen LogP contribution in [0.15, 0.2) is 36.4 Å². The number of hydrogen-bond acceptors (Lipinski definition) is 3. The lowest BCUT2D eigenvalue weighted by Crippen LogP contribution is -1.88. The van der Waals surface area contributed by atoms with E-state index in [1.54, 1.807) is 0 Å². The van der Waals surface area contributed by atoms with Crippen LogP contribution in [0.1, 0.15) is 56.5 Å². The zero-order valence-corrected chi connectivity index (χ0v) is 16.1. The number of nitrogens with two attached hydrogens (primary N) is 1. The molecular formula is C21H27N5. The van der Waals surface area contributed by atoms with Gasteiger partial charge < -0.3 is 10.7 Å². The number of anilines is 1. The van der Waals surface area contributed by atoms with E-state index in [9.17, 15) is 0 Å². The lowest BCUT2D eigenvalue weighted by molar-refractivity contribution is 0.871. The van der Waals surface area contributed by atoms with Crippen LogP contribution in [0, 0.1) is 6.92 Å². The van der Waals surface area contributed by atoms with Gasteiger partial charge in [0.25, 0.3) is 0 Å². The third kappa shape index (κ3) is 3.43. The van der Waals surface area contributed by atoms with Crippen LogP contribution in [0.4, 0.5) is 5.82 Å². The summed E-state index contributed by atoms with van der Waals surface area (Å²) in [5.41, 5.74) is 11.6. The highest BCUT2D eigenvalue weighted by Crippen LogP contribution is 2.26. The van der Waals surface area contributed by atoms with E-state index in [2.05, 4.69) is 72.1 Å². The summed E-state index contributed by atoms with van der Waals surface area (Å²) in [6, 6.07) is 12.4. The van der Waals surface area contributed by atoms with Crippen molar-refractivity contribution >= 4 is 27.8 Å². The summed E-state index contributed by atoms with van der Waals surface area (Å²) in [6.45, 7) is 10.7. The SMILES string of the molecule is CC(C)c1cccc2c(N)n[nH]c12.Cc1nc2c(C(C)C)cccc2[nH]1. The molecule has 2 aromatic carbocycles. The molecule has 0 aliphatic carbocycles. The van der Waals surface area contributed by atoms with Gasteiger partial charge in [-0.2, -0.15) is 5.10 Å². The van der Waals surface area contributed by atoms with E-state index < -0.39 is 0 Å². The Bertz CT molecular complexity index is 1010. The molecule has 0 radical (unpaired) electrons. The summed E-state index contributed by atoms with van der Waals surface area (Å²) >= 11 is 0. The van der Waals surface area contributed by atoms with Crippen molar-refractivity contribution in [1.29, 1.82) is 0 Å². The van der Waals surface area contributed by atoms with Gasteiger partial charge >= 0.3 is 0 Å². The highest BCUT2D eigenvalue weighted by atomic mass is 15.1. The number of H-pyrrole nitrogens is 2. The largest absolute Gasteiger partial charge is 0.382 e. The van der Waals surface area contributed by atoms with Crippen molar-refractivity contribution in [3.63, 3.8) is 0 Å². The van der Waals surface area contributed by atoms with Gasteiger partial charge in [-0.3, -0.25) is 5.10 Å². The Hall–Kier alpha value is -2.82. The lowest BCUT2D eigenvalue weighted by Gasteiger charge is -2.05. The van der Waals surface area contributed by atoms with Gasteiger partial charge in [-0.05, 0) is 42.0 Å². The summed E-state index contributed by atoms with van der Waals surface area (Å²) in [4.78, 5) is 7.72. The molecule has 0 fully saturated rings. The Morgan fingerprint density at radius 3 is 2.27 bits per heavy atom. The van der Waals surface area contributed by atoms with Crippen LogP contribution in [0.2, 0.25) is 0 Å². The molecule has 5 heteroatoms. The number of fused-ring (bicyclic) bond motifs is 2. The average Bonchev–Trinajstić information content (AvgIpc) is 3.16. The highest BCUT2D eigenvalue weighted by molar-refractivity contribution is 5.91. The van der Waals surface area contributed by atoms with Crippen LogP contribution in [-0.2, 0) is 0 Å². The number of aromatic amines is 2. The predicted octanol–water partition coefficient (Wildman–Crippen LogP) is 5.26. The number of para-hydroxylation sites is 2. The van der Waals surface area contributed by atoms with Gasteiger partial charge in [0.2, 0.25) is 0 Å². The number of rotatable bonds is 2. The number of aryl methyl sites for hydroxylation is 1. The molecule has 0 amide bonds. The van der Waals surface area contributed by atoms with E-state index in [-0.39, 0.29) is 0 Å². The Morgan fingerprint density at radius 2 is 1.58 bits per heavy atom. The van der Waals surface area contributed by atoms with Crippen LogP contribution >= 0.6 is 0 Å². The molecule has 0 atom stereocenters. The van der Waals surface area contributed by atoms with Crippen LogP contribution < -0.4 is 5.73 Å². The minimum absolute atomic E-state index is 0.489. The minimum Gasteiger partial charge on any atom is -0.382 e. The Kier molecular flexibility index (Phi) is 4.98. The number of aromatic nitrogens is 4. The molecule has 0 aliphatic rings. The molecule has 0 unspecified atom stereocenters. The van der Waals surface area contributed by atoms with Crippen LogP contribution in [0.5, 0.6) is 0 Å². The molecule has 5 nitrogen and oxygen atoms in total. The summed E-state index contributed by atoms with van der Waals surface area (Å²) in [7, 11) is 0. The number of imidazole rings is 1. The van der Waals surface area contributed by atoms with E-state index in [4.69, 9.17) is 5.73 Å². The second-order valence-electron chi connectivity index (χ2n) is 7.25. The maximum atomic E-state index is 5.70. The Morgan fingerprint density at radius 1 is 0.923 bits per heavy atom. The number of nitrogens with one attached hydrogen (secondary N) is 2. The average molecular weight is 349 g/mol. The first-order valence-corrected chi connectivity index (χ1v) is 9.06. The molecule has 2 heterocycles. The molecule has 4 rings (SSSR count). The van der Waals surface area contributed by atoms with Crippen molar-refractivity contribution in [1.82, 2.24) is 20.2 Å². The molecule has 0 bridgehead atoms. The van der Waals surface area contributed by atoms with Gasteiger partial charge in [-0.15, -0.1) is 0 Å². The van der Waals surface area contributed by atoms with Crippen molar-refractivity contribution in [3.8, 4) is 0 Å². The molecule has 4 aromatic rings. The number of nitrogens with zero attached hydrogens (tertiary/aromatic N) is 2. The van der Waals surface area contributed by atoms with Crippen molar-refractivity contribution in [2.75, 3.05) is 5.73 Å². The predicted molar refractivity (Wildman–Crippen MR) is 110 cm³/mol. The van der Waals surface area contributed by atoms with Gasteiger partial charge in [0.05, 0.1) is 16.6 Å². The number of hydrogen-bond donors (Lipinski definition) is 3. The third-order valence-corrected chi connectivity index (χ3v) is 4.57. The fraction of sp³-hybridized carbons (Fsp3) is 0.333. The number of benzene rings is 2. The topological polar surface area (TPSA) is 83.4 Å². The van der Waals surface area contributed by atoms with Gasteiger partial charge in [0, 0.05) is 5.39 Å². The van der Waals surface area contributed by atoms with E-state index in [1.807, 2.05) is 19.1 Å². The molecular weight excluding hydrogens is 322 g/mol. The number of nitrogen functional groups attached to an aromatic ring is 1. The first-order chi connectivity index (χ1) is 12.4. The van der Waals surface area contributed by atoms with Gasteiger partial charge in [0.1, 0.15) is 5.82 Å². The van der Waals surface area contributed by atoms with Gasteiger partial charge in [-0.1, -0.05) is 52.0 Å². The van der Waals surface area contributed by atoms with E-state index in [0.717, 1.165) is 27.8 Å². The molecule has 4 N–H and O–H groups in total. The fourth-order valence-electron chi connectivity index (χ4n) is 3.21. The maximum Gasteiger partial charge on any atom is 0.153 e. The normalized spacial score (nSPS) is 11.3. The molecule has 0 aliphatic heterocycles. The fourth-order valence-corrected chi connectivity index (χ4v) is 3.21. The highest BCUT2D eigenvalue weighted by Gasteiger charge is 2.09. The molecule has 26 heavy (non-hydrogen) atoms. The van der Waals surface area contributed by atoms with E-state index in [0.29, 0.717) is 17.7 Å². The lowest BCUT2D eigenvalue weighted by atomic mass is 10.0. The molecule has 0 spiro atoms. The van der Waals surface area contributed by atoms with Gasteiger partial charge in [0.15, 0.2) is 5.82 Å². The maximum absolute atomic E-state index is 5.70. The summed E-state index contributed by atoms with van der Waals surface area (Å²) in [5, 5.41) is 7.97. The Balaban J connectivity index is 0.000000151. The second-order valence-corrected chi connectivity index (χ2v) is 7.25. The van der Waals surface area contributed by atoms with Crippen LogP contribution in [0.3, 0.4) is 0 Å². The zero-order valence-electron chi connectivity index (χ0n) is 16.1. The molecule has 0 saturated heterocycles. The third-order valence-electron chi connectivity index (χ3n) is 4.57. The smallest absolute Gasteiger partial charge is 0.153 e. The first-order valence-electron chi connectivity index (χ1n) is 9.06. The van der Waals surface area contributed by atoms with Crippen molar-refractivity contribution < 1.29 is 0 Å². The first kappa shape index (κ1) is 18.0. The summed E-state index contributed by atoms with van der Waals surface area (Å²) < 4.78 is 0.